The lowest BCUT2D eigenvalue weighted by Crippen LogP contribution is -2.55. The lowest BCUT2D eigenvalue weighted by atomic mass is 10.0. The number of aliphatic hydroxyl groups excluding tert-OH is 3. The van der Waals surface area contributed by atoms with Gasteiger partial charge in [0.1, 0.15) is 24.4 Å². The maximum atomic E-state index is 10.0. The van der Waals surface area contributed by atoms with Crippen LogP contribution in [-0.2, 0) is 9.47 Å². The third kappa shape index (κ3) is 12.7. The zero-order valence-corrected chi connectivity index (χ0v) is 18.6. The first-order chi connectivity index (χ1) is 14.2. The number of allylic oxidation sites excluding steroid dienone is 2. The highest BCUT2D eigenvalue weighted by Crippen LogP contribution is 2.19. The molecule has 1 fully saturated rings. The van der Waals surface area contributed by atoms with Crippen LogP contribution in [0.3, 0.4) is 0 Å². The van der Waals surface area contributed by atoms with Crippen molar-refractivity contribution >= 4 is 0 Å². The SMILES string of the molecule is CCCCCCCCC/C=C/CCCCCCCO[C@H]1[C@H](O)[C@@H](O)CO[C@@H]1CO. The Labute approximate surface area is 178 Å². The highest BCUT2D eigenvalue weighted by Gasteiger charge is 2.39. The van der Waals surface area contributed by atoms with Gasteiger partial charge >= 0.3 is 0 Å². The molecule has 0 amide bonds. The fourth-order valence-electron chi connectivity index (χ4n) is 3.79. The summed E-state index contributed by atoms with van der Waals surface area (Å²) in [6.07, 6.45) is 19.2. The van der Waals surface area contributed by atoms with E-state index in [0.717, 1.165) is 12.8 Å². The molecule has 0 bridgehead atoms. The minimum atomic E-state index is -0.992. The monoisotopic (exact) mass is 414 g/mol. The van der Waals surface area contributed by atoms with Crippen LogP contribution in [0.1, 0.15) is 96.8 Å². The highest BCUT2D eigenvalue weighted by molar-refractivity contribution is 4.87. The van der Waals surface area contributed by atoms with E-state index in [1.54, 1.807) is 0 Å². The standard InChI is InChI=1S/C24H46O5/c1-2-3-4-5-6-7-8-9-10-11-12-13-14-15-16-17-18-28-24-22(19-25)29-20-21(26)23(24)27/h10-11,21-27H,2-9,12-20H2,1H3/b11-10+/t21-,22+,23+,24+/m0/s1. The molecule has 0 spiro atoms. The predicted octanol–water partition coefficient (Wildman–Crippen LogP) is 4.52. The average Bonchev–Trinajstić information content (AvgIpc) is 2.73. The van der Waals surface area contributed by atoms with Gasteiger partial charge in [-0.15, -0.1) is 0 Å². The summed E-state index contributed by atoms with van der Waals surface area (Å²) < 4.78 is 11.0. The van der Waals surface area contributed by atoms with E-state index in [1.165, 1.54) is 77.0 Å². The van der Waals surface area contributed by atoms with Gasteiger partial charge in [-0.25, -0.2) is 0 Å². The molecule has 4 atom stereocenters. The second-order valence-electron chi connectivity index (χ2n) is 8.39. The zero-order chi connectivity index (χ0) is 21.2. The number of hydrogen-bond acceptors (Lipinski definition) is 5. The van der Waals surface area contributed by atoms with E-state index in [9.17, 15) is 15.3 Å². The van der Waals surface area contributed by atoms with Gasteiger partial charge in [0.15, 0.2) is 0 Å². The van der Waals surface area contributed by atoms with E-state index in [-0.39, 0.29) is 13.2 Å². The van der Waals surface area contributed by atoms with E-state index in [1.807, 2.05) is 0 Å². The van der Waals surface area contributed by atoms with Crippen LogP contribution in [0.5, 0.6) is 0 Å². The Bertz CT molecular complexity index is 385. The summed E-state index contributed by atoms with van der Waals surface area (Å²) in [7, 11) is 0. The molecule has 172 valence electrons. The van der Waals surface area contributed by atoms with Crippen LogP contribution >= 0.6 is 0 Å². The van der Waals surface area contributed by atoms with Gasteiger partial charge in [0.25, 0.3) is 0 Å². The summed E-state index contributed by atoms with van der Waals surface area (Å²) in [4.78, 5) is 0. The third-order valence-corrected chi connectivity index (χ3v) is 5.72. The summed E-state index contributed by atoms with van der Waals surface area (Å²) >= 11 is 0. The average molecular weight is 415 g/mol. The molecule has 0 aromatic rings. The molecule has 1 aliphatic rings. The topological polar surface area (TPSA) is 79.2 Å². The molecule has 0 aromatic heterocycles. The van der Waals surface area contributed by atoms with E-state index in [4.69, 9.17) is 9.47 Å². The summed E-state index contributed by atoms with van der Waals surface area (Å²) in [6, 6.07) is 0. The van der Waals surface area contributed by atoms with Gasteiger partial charge in [-0.1, -0.05) is 76.9 Å². The van der Waals surface area contributed by atoms with Crippen molar-refractivity contribution in [2.45, 2.75) is 121 Å². The van der Waals surface area contributed by atoms with Gasteiger partial charge in [-0.3, -0.25) is 0 Å². The van der Waals surface area contributed by atoms with Gasteiger partial charge in [0.05, 0.1) is 13.2 Å². The number of rotatable bonds is 18. The molecule has 29 heavy (non-hydrogen) atoms. The Morgan fingerprint density at radius 1 is 0.828 bits per heavy atom. The van der Waals surface area contributed by atoms with Crippen LogP contribution in [-0.4, -0.2) is 59.6 Å². The Balaban J connectivity index is 1.88. The quantitative estimate of drug-likeness (QED) is 0.227. The summed E-state index contributed by atoms with van der Waals surface area (Å²) in [5.74, 6) is 0. The largest absolute Gasteiger partial charge is 0.394 e. The van der Waals surface area contributed by atoms with Gasteiger partial charge in [-0.2, -0.15) is 0 Å². The predicted molar refractivity (Wildman–Crippen MR) is 118 cm³/mol. The normalized spacial score (nSPS) is 25.1. The third-order valence-electron chi connectivity index (χ3n) is 5.72. The molecular weight excluding hydrogens is 368 g/mol. The maximum Gasteiger partial charge on any atom is 0.114 e. The molecule has 1 heterocycles. The van der Waals surface area contributed by atoms with Gasteiger partial charge in [0, 0.05) is 6.61 Å². The van der Waals surface area contributed by atoms with Crippen molar-refractivity contribution in [2.24, 2.45) is 0 Å². The van der Waals surface area contributed by atoms with Gasteiger partial charge in [0.2, 0.25) is 0 Å². The molecule has 5 heteroatoms. The van der Waals surface area contributed by atoms with Crippen molar-refractivity contribution in [3.05, 3.63) is 12.2 Å². The molecule has 1 rings (SSSR count). The first-order valence-corrected chi connectivity index (χ1v) is 12.1. The highest BCUT2D eigenvalue weighted by atomic mass is 16.6. The summed E-state index contributed by atoms with van der Waals surface area (Å²) in [5, 5.41) is 29.0. The minimum Gasteiger partial charge on any atom is -0.394 e. The molecule has 0 aromatic carbocycles. The first kappa shape index (κ1) is 26.6. The first-order valence-electron chi connectivity index (χ1n) is 12.1. The molecule has 5 nitrogen and oxygen atoms in total. The number of aliphatic hydroxyl groups is 3. The van der Waals surface area contributed by atoms with E-state index in [0.29, 0.717) is 6.61 Å². The molecule has 0 aliphatic carbocycles. The van der Waals surface area contributed by atoms with Crippen LogP contribution < -0.4 is 0 Å². The molecule has 1 aliphatic heterocycles. The summed E-state index contributed by atoms with van der Waals surface area (Å²) in [5.41, 5.74) is 0. The molecule has 0 radical (unpaired) electrons. The zero-order valence-electron chi connectivity index (χ0n) is 18.6. The molecular formula is C24H46O5. The Hall–Kier alpha value is -0.460. The smallest absolute Gasteiger partial charge is 0.114 e. The van der Waals surface area contributed by atoms with Crippen molar-refractivity contribution < 1.29 is 24.8 Å². The van der Waals surface area contributed by atoms with Crippen molar-refractivity contribution in [1.29, 1.82) is 0 Å². The fraction of sp³-hybridized carbons (Fsp3) is 0.917. The van der Waals surface area contributed by atoms with Crippen molar-refractivity contribution in [2.75, 3.05) is 19.8 Å². The molecule has 1 saturated heterocycles. The van der Waals surface area contributed by atoms with Crippen LogP contribution in [0.15, 0.2) is 12.2 Å². The van der Waals surface area contributed by atoms with Crippen LogP contribution in [0, 0.1) is 0 Å². The summed E-state index contributed by atoms with van der Waals surface area (Å²) in [6.45, 7) is 2.62. The maximum absolute atomic E-state index is 10.0. The van der Waals surface area contributed by atoms with Crippen LogP contribution in [0.25, 0.3) is 0 Å². The lowest BCUT2D eigenvalue weighted by Gasteiger charge is -2.37. The Morgan fingerprint density at radius 2 is 1.38 bits per heavy atom. The van der Waals surface area contributed by atoms with E-state index >= 15 is 0 Å². The molecule has 0 saturated carbocycles. The lowest BCUT2D eigenvalue weighted by molar-refractivity contribution is -0.211. The Morgan fingerprint density at radius 3 is 1.97 bits per heavy atom. The number of hydrogen-bond donors (Lipinski definition) is 3. The minimum absolute atomic E-state index is 0.0414. The molecule has 3 N–H and O–H groups in total. The second-order valence-corrected chi connectivity index (χ2v) is 8.39. The van der Waals surface area contributed by atoms with Crippen LogP contribution in [0.2, 0.25) is 0 Å². The van der Waals surface area contributed by atoms with E-state index in [2.05, 4.69) is 19.1 Å². The fourth-order valence-corrected chi connectivity index (χ4v) is 3.79. The van der Waals surface area contributed by atoms with Gasteiger partial charge < -0.3 is 24.8 Å². The van der Waals surface area contributed by atoms with Crippen molar-refractivity contribution in [1.82, 2.24) is 0 Å². The van der Waals surface area contributed by atoms with Crippen LogP contribution in [0.4, 0.5) is 0 Å². The van der Waals surface area contributed by atoms with Crippen molar-refractivity contribution in [3.8, 4) is 0 Å². The molecule has 0 unspecified atom stereocenters. The number of ether oxygens (including phenoxy) is 2. The Kier molecular flexibility index (Phi) is 16.8. The van der Waals surface area contributed by atoms with E-state index < -0.39 is 24.4 Å². The van der Waals surface area contributed by atoms with Crippen molar-refractivity contribution in [3.63, 3.8) is 0 Å². The van der Waals surface area contributed by atoms with Gasteiger partial charge in [-0.05, 0) is 32.1 Å². The number of unbranched alkanes of at least 4 members (excludes halogenated alkanes) is 12. The second kappa shape index (κ2) is 18.3.